The normalized spacial score (nSPS) is 18.9. The fraction of sp³-hybridized carbons (Fsp3) is 0.467. The number of anilines is 1. The van der Waals surface area contributed by atoms with Gasteiger partial charge in [-0.1, -0.05) is 13.0 Å². The number of likely N-dealkylation sites (N-methyl/N-ethyl adjacent to an activating group) is 1. The molecule has 2 aromatic rings. The highest BCUT2D eigenvalue weighted by Gasteiger charge is 2.27. The molecule has 3 heterocycles. The van der Waals surface area contributed by atoms with E-state index >= 15 is 0 Å². The van der Waals surface area contributed by atoms with Crippen molar-refractivity contribution < 1.29 is 4.92 Å². The van der Waals surface area contributed by atoms with Crippen molar-refractivity contribution in [2.75, 3.05) is 25.0 Å². The molecule has 1 atom stereocenters. The average Bonchev–Trinajstić information content (AvgIpc) is 2.55. The van der Waals surface area contributed by atoms with Gasteiger partial charge in [-0.25, -0.2) is 4.98 Å². The summed E-state index contributed by atoms with van der Waals surface area (Å²) in [5.74, 6) is 0.0640. The number of hydrogen-bond acceptors (Lipinski definition) is 6. The Morgan fingerprint density at radius 2 is 2.30 bits per heavy atom. The molecule has 1 aliphatic heterocycles. The summed E-state index contributed by atoms with van der Waals surface area (Å²) in [6.07, 6.45) is 3.41. The number of likely N-dealkylation sites (tertiary alicyclic amines) is 1. The van der Waals surface area contributed by atoms with E-state index in [0.717, 1.165) is 32.5 Å². The number of fused-ring (bicyclic) bond motifs is 1. The van der Waals surface area contributed by atoms with Crippen LogP contribution in [0, 0.1) is 10.1 Å². The summed E-state index contributed by atoms with van der Waals surface area (Å²) in [6.45, 7) is 4.85. The van der Waals surface area contributed by atoms with Crippen LogP contribution in [0.5, 0.6) is 0 Å². The first kappa shape index (κ1) is 15.4. The summed E-state index contributed by atoms with van der Waals surface area (Å²) < 4.78 is 1.20. The molecule has 0 aliphatic carbocycles. The van der Waals surface area contributed by atoms with Crippen molar-refractivity contribution in [1.29, 1.82) is 0 Å². The van der Waals surface area contributed by atoms with Crippen LogP contribution >= 0.6 is 0 Å². The van der Waals surface area contributed by atoms with Crippen molar-refractivity contribution >= 4 is 17.2 Å². The molecule has 1 saturated heterocycles. The summed E-state index contributed by atoms with van der Waals surface area (Å²) in [5.41, 5.74) is -0.762. The first-order valence-corrected chi connectivity index (χ1v) is 7.75. The molecule has 0 bridgehead atoms. The molecule has 0 saturated carbocycles. The highest BCUT2D eigenvalue weighted by Crippen LogP contribution is 2.21. The number of aromatic nitrogens is 2. The number of piperidine rings is 1. The van der Waals surface area contributed by atoms with Gasteiger partial charge < -0.3 is 10.2 Å². The minimum atomic E-state index is -0.661. The number of pyridine rings is 1. The highest BCUT2D eigenvalue weighted by molar-refractivity contribution is 5.60. The Balaban J connectivity index is 2.00. The van der Waals surface area contributed by atoms with E-state index in [-0.39, 0.29) is 11.9 Å². The van der Waals surface area contributed by atoms with Crippen LogP contribution in [0.4, 0.5) is 11.5 Å². The Labute approximate surface area is 132 Å². The zero-order chi connectivity index (χ0) is 16.4. The lowest BCUT2D eigenvalue weighted by Crippen LogP contribution is -2.42. The van der Waals surface area contributed by atoms with E-state index in [1.807, 2.05) is 0 Å². The second-order valence-corrected chi connectivity index (χ2v) is 5.68. The molecule has 0 aromatic carbocycles. The maximum Gasteiger partial charge on any atom is 0.376 e. The first-order valence-electron chi connectivity index (χ1n) is 7.75. The van der Waals surface area contributed by atoms with Crippen LogP contribution < -0.4 is 10.9 Å². The van der Waals surface area contributed by atoms with Crippen LogP contribution in [0.25, 0.3) is 5.65 Å². The van der Waals surface area contributed by atoms with Crippen LogP contribution in [0.1, 0.15) is 19.8 Å². The summed E-state index contributed by atoms with van der Waals surface area (Å²) in [7, 11) is 0. The van der Waals surface area contributed by atoms with Crippen molar-refractivity contribution in [2.24, 2.45) is 0 Å². The maximum atomic E-state index is 12.4. The van der Waals surface area contributed by atoms with E-state index in [2.05, 4.69) is 22.1 Å². The molecular formula is C15H19N5O3. The summed E-state index contributed by atoms with van der Waals surface area (Å²) >= 11 is 0. The first-order chi connectivity index (χ1) is 11.1. The predicted octanol–water partition coefficient (Wildman–Crippen LogP) is 1.50. The molecule has 2 aromatic heterocycles. The van der Waals surface area contributed by atoms with Gasteiger partial charge in [-0.15, -0.1) is 0 Å². The van der Waals surface area contributed by atoms with E-state index in [1.165, 1.54) is 10.6 Å². The summed E-state index contributed by atoms with van der Waals surface area (Å²) in [5, 5.41) is 14.5. The molecule has 0 radical (unpaired) electrons. The fourth-order valence-electron chi connectivity index (χ4n) is 3.00. The highest BCUT2D eigenvalue weighted by atomic mass is 16.6. The largest absolute Gasteiger partial charge is 0.376 e. The van der Waals surface area contributed by atoms with Gasteiger partial charge in [-0.2, -0.15) is 0 Å². The molecule has 1 unspecified atom stereocenters. The van der Waals surface area contributed by atoms with Crippen LogP contribution in [-0.2, 0) is 0 Å². The summed E-state index contributed by atoms with van der Waals surface area (Å²) in [6, 6.07) is 5.11. The topological polar surface area (TPSA) is 92.8 Å². The van der Waals surface area contributed by atoms with Gasteiger partial charge in [0.15, 0.2) is 0 Å². The molecule has 1 fully saturated rings. The third-order valence-electron chi connectivity index (χ3n) is 4.19. The standard InChI is InChI=1S/C15H19N5O3/c1-2-18-8-5-6-11(10-18)16-14-13(20(22)23)15(21)19-9-4-3-7-12(19)17-14/h3-4,7,9,11,16H,2,5-6,8,10H2,1H3. The molecule has 0 spiro atoms. The molecule has 8 nitrogen and oxygen atoms in total. The van der Waals surface area contributed by atoms with Crippen molar-refractivity contribution in [3.63, 3.8) is 0 Å². The minimum Gasteiger partial charge on any atom is -0.360 e. The van der Waals surface area contributed by atoms with Gasteiger partial charge in [0.25, 0.3) is 0 Å². The Hall–Kier alpha value is -2.48. The van der Waals surface area contributed by atoms with Gasteiger partial charge in [0.2, 0.25) is 5.82 Å². The molecule has 8 heteroatoms. The molecule has 0 amide bonds. The minimum absolute atomic E-state index is 0.0560. The predicted molar refractivity (Wildman–Crippen MR) is 86.9 cm³/mol. The Morgan fingerprint density at radius 3 is 3.04 bits per heavy atom. The lowest BCUT2D eigenvalue weighted by atomic mass is 10.1. The van der Waals surface area contributed by atoms with E-state index in [0.29, 0.717) is 5.65 Å². The van der Waals surface area contributed by atoms with Crippen LogP contribution in [-0.4, -0.2) is 44.9 Å². The van der Waals surface area contributed by atoms with Crippen molar-refractivity contribution in [3.8, 4) is 0 Å². The zero-order valence-electron chi connectivity index (χ0n) is 12.9. The lowest BCUT2D eigenvalue weighted by Gasteiger charge is -2.32. The molecular weight excluding hydrogens is 298 g/mol. The Bertz CT molecular complexity index is 788. The van der Waals surface area contributed by atoms with Gasteiger partial charge >= 0.3 is 11.2 Å². The van der Waals surface area contributed by atoms with Gasteiger partial charge in [0.05, 0.1) is 4.92 Å². The lowest BCUT2D eigenvalue weighted by molar-refractivity contribution is -0.385. The van der Waals surface area contributed by atoms with Gasteiger partial charge in [0.1, 0.15) is 5.65 Å². The Kier molecular flexibility index (Phi) is 4.24. The van der Waals surface area contributed by atoms with E-state index in [4.69, 9.17) is 0 Å². The second kappa shape index (κ2) is 6.33. The quantitative estimate of drug-likeness (QED) is 0.678. The molecule has 3 rings (SSSR count). The number of nitrogens with one attached hydrogen (secondary N) is 1. The van der Waals surface area contributed by atoms with E-state index in [9.17, 15) is 14.9 Å². The van der Waals surface area contributed by atoms with Gasteiger partial charge in [0, 0.05) is 18.8 Å². The number of hydrogen-bond donors (Lipinski definition) is 1. The third-order valence-corrected chi connectivity index (χ3v) is 4.19. The van der Waals surface area contributed by atoms with E-state index in [1.54, 1.807) is 18.2 Å². The average molecular weight is 317 g/mol. The van der Waals surface area contributed by atoms with Crippen LogP contribution in [0.15, 0.2) is 29.2 Å². The van der Waals surface area contributed by atoms with Gasteiger partial charge in [-0.3, -0.25) is 19.3 Å². The van der Waals surface area contributed by atoms with Crippen molar-refractivity contribution in [1.82, 2.24) is 14.3 Å². The molecule has 1 N–H and O–H groups in total. The number of rotatable bonds is 4. The summed E-state index contributed by atoms with van der Waals surface area (Å²) in [4.78, 5) is 29.7. The molecule has 23 heavy (non-hydrogen) atoms. The zero-order valence-corrected chi connectivity index (χ0v) is 12.9. The van der Waals surface area contributed by atoms with Crippen molar-refractivity contribution in [3.05, 3.63) is 44.9 Å². The molecule has 1 aliphatic rings. The van der Waals surface area contributed by atoms with E-state index < -0.39 is 16.2 Å². The maximum absolute atomic E-state index is 12.4. The van der Waals surface area contributed by atoms with Crippen LogP contribution in [0.3, 0.4) is 0 Å². The third kappa shape index (κ3) is 3.02. The molecule has 122 valence electrons. The monoisotopic (exact) mass is 317 g/mol. The number of nitro groups is 1. The second-order valence-electron chi connectivity index (χ2n) is 5.68. The smallest absolute Gasteiger partial charge is 0.360 e. The Morgan fingerprint density at radius 1 is 1.48 bits per heavy atom. The van der Waals surface area contributed by atoms with Gasteiger partial charge in [-0.05, 0) is 38.1 Å². The van der Waals surface area contributed by atoms with Crippen LogP contribution in [0.2, 0.25) is 0 Å². The van der Waals surface area contributed by atoms with Crippen molar-refractivity contribution in [2.45, 2.75) is 25.8 Å². The number of nitrogens with zero attached hydrogens (tertiary/aromatic N) is 4. The fourth-order valence-corrected chi connectivity index (χ4v) is 3.00. The SMILES string of the molecule is CCN1CCCC(Nc2nc3ccccn3c(=O)c2[N+](=O)[O-])C1.